The number of hydrogen-bond acceptors (Lipinski definition) is 2. The van der Waals surface area contributed by atoms with Crippen molar-refractivity contribution in [1.82, 2.24) is 0 Å². The van der Waals surface area contributed by atoms with Crippen molar-refractivity contribution in [2.75, 3.05) is 6.26 Å². The Bertz CT molecular complexity index is 398. The van der Waals surface area contributed by atoms with Crippen LogP contribution in [-0.4, -0.2) is 14.7 Å². The van der Waals surface area contributed by atoms with Gasteiger partial charge in [0.05, 0.1) is 0 Å². The summed E-state index contributed by atoms with van der Waals surface area (Å²) in [5, 5.41) is 0. The van der Waals surface area contributed by atoms with Crippen molar-refractivity contribution in [1.29, 1.82) is 0 Å². The Hall–Kier alpha value is -0.970. The van der Waals surface area contributed by atoms with Gasteiger partial charge in [-0.2, -0.15) is 0 Å². The Morgan fingerprint density at radius 1 is 1.42 bits per heavy atom. The molecule has 0 heterocycles. The first kappa shape index (κ1) is 9.12. The molecule has 0 N–H and O–H groups in total. The Labute approximate surface area is 68.8 Å². The Morgan fingerprint density at radius 3 is 2.42 bits per heavy atom. The summed E-state index contributed by atoms with van der Waals surface area (Å²) in [6.45, 7) is 0. The predicted octanol–water partition coefficient (Wildman–Crippen LogP) is 1.17. The van der Waals surface area contributed by atoms with Gasteiger partial charge in [-0.25, -0.2) is 17.2 Å². The molecular formula is C7H5F2O2S. The third kappa shape index (κ3) is 1.79. The van der Waals surface area contributed by atoms with Gasteiger partial charge in [-0.15, -0.1) is 0 Å². The summed E-state index contributed by atoms with van der Waals surface area (Å²) >= 11 is 0. The van der Waals surface area contributed by atoms with E-state index in [9.17, 15) is 17.2 Å². The van der Waals surface area contributed by atoms with Crippen molar-refractivity contribution in [2.24, 2.45) is 0 Å². The van der Waals surface area contributed by atoms with Crippen LogP contribution < -0.4 is 0 Å². The minimum absolute atomic E-state index is 0.602. The summed E-state index contributed by atoms with van der Waals surface area (Å²) in [6.07, 6.45) is 0.810. The van der Waals surface area contributed by atoms with Gasteiger partial charge in [-0.3, -0.25) is 0 Å². The van der Waals surface area contributed by atoms with Crippen LogP contribution in [0, 0.1) is 17.7 Å². The summed E-state index contributed by atoms with van der Waals surface area (Å²) in [6, 6.07) is 3.17. The van der Waals surface area contributed by atoms with Crippen molar-refractivity contribution in [3.8, 4) is 0 Å². The molecule has 1 rings (SSSR count). The van der Waals surface area contributed by atoms with E-state index >= 15 is 0 Å². The Balaban J connectivity index is 3.43. The highest BCUT2D eigenvalue weighted by Gasteiger charge is 2.13. The molecule has 0 unspecified atom stereocenters. The van der Waals surface area contributed by atoms with E-state index in [1.54, 1.807) is 0 Å². The van der Waals surface area contributed by atoms with E-state index in [0.717, 1.165) is 6.26 Å². The van der Waals surface area contributed by atoms with Crippen LogP contribution in [-0.2, 0) is 9.84 Å². The number of rotatable bonds is 1. The summed E-state index contributed by atoms with van der Waals surface area (Å²) in [4.78, 5) is -0.640. The molecule has 0 aliphatic rings. The van der Waals surface area contributed by atoms with Crippen molar-refractivity contribution >= 4 is 9.84 Å². The topological polar surface area (TPSA) is 34.1 Å². The van der Waals surface area contributed by atoms with Crippen molar-refractivity contribution < 1.29 is 17.2 Å². The molecule has 2 nitrogen and oxygen atoms in total. The quantitative estimate of drug-likeness (QED) is 0.667. The van der Waals surface area contributed by atoms with Gasteiger partial charge in [0.15, 0.2) is 9.84 Å². The molecule has 5 heteroatoms. The largest absolute Gasteiger partial charge is 0.224 e. The lowest BCUT2D eigenvalue weighted by atomic mass is 10.3. The SMILES string of the molecule is CS(=O)(=O)c1cc(F)[c]cc1F. The van der Waals surface area contributed by atoms with E-state index in [0.29, 0.717) is 12.1 Å². The van der Waals surface area contributed by atoms with E-state index in [1.807, 2.05) is 6.07 Å². The third-order valence-electron chi connectivity index (χ3n) is 1.23. The number of benzene rings is 1. The van der Waals surface area contributed by atoms with Crippen LogP contribution in [0.2, 0.25) is 0 Å². The van der Waals surface area contributed by atoms with Gasteiger partial charge in [-0.05, 0) is 12.1 Å². The zero-order chi connectivity index (χ0) is 9.35. The molecule has 0 aliphatic heterocycles. The Kier molecular flexibility index (Phi) is 2.14. The molecule has 0 aromatic heterocycles. The lowest BCUT2D eigenvalue weighted by Gasteiger charge is -1.98. The average molecular weight is 191 g/mol. The molecule has 0 bridgehead atoms. The molecule has 0 spiro atoms. The monoisotopic (exact) mass is 191 g/mol. The van der Waals surface area contributed by atoms with Crippen LogP contribution in [0.25, 0.3) is 0 Å². The van der Waals surface area contributed by atoms with Crippen LogP contribution in [0.3, 0.4) is 0 Å². The van der Waals surface area contributed by atoms with E-state index < -0.39 is 26.4 Å². The van der Waals surface area contributed by atoms with Gasteiger partial charge in [-0.1, -0.05) is 0 Å². The highest BCUT2D eigenvalue weighted by molar-refractivity contribution is 7.90. The molecular weight excluding hydrogens is 186 g/mol. The highest BCUT2D eigenvalue weighted by atomic mass is 32.2. The van der Waals surface area contributed by atoms with Crippen molar-refractivity contribution in [3.63, 3.8) is 0 Å². The lowest BCUT2D eigenvalue weighted by molar-refractivity contribution is 0.555. The molecule has 0 saturated carbocycles. The van der Waals surface area contributed by atoms with Gasteiger partial charge in [0.25, 0.3) is 0 Å². The molecule has 1 aromatic rings. The first-order chi connectivity index (χ1) is 5.41. The van der Waals surface area contributed by atoms with Crippen LogP contribution >= 0.6 is 0 Å². The molecule has 0 atom stereocenters. The minimum Gasteiger partial charge on any atom is -0.224 e. The zero-order valence-electron chi connectivity index (χ0n) is 6.14. The number of hydrogen-bond donors (Lipinski definition) is 0. The summed E-state index contributed by atoms with van der Waals surface area (Å²) in [5.74, 6) is -1.88. The minimum atomic E-state index is -3.69. The highest BCUT2D eigenvalue weighted by Crippen LogP contribution is 2.14. The zero-order valence-corrected chi connectivity index (χ0v) is 6.95. The lowest BCUT2D eigenvalue weighted by Crippen LogP contribution is -2.01. The predicted molar refractivity (Wildman–Crippen MR) is 38.3 cm³/mol. The van der Waals surface area contributed by atoms with Crippen LogP contribution in [0.5, 0.6) is 0 Å². The molecule has 12 heavy (non-hydrogen) atoms. The number of sulfone groups is 1. The van der Waals surface area contributed by atoms with Crippen molar-refractivity contribution in [3.05, 3.63) is 29.8 Å². The first-order valence-electron chi connectivity index (χ1n) is 2.98. The molecule has 0 saturated heterocycles. The van der Waals surface area contributed by atoms with Crippen LogP contribution in [0.4, 0.5) is 8.78 Å². The summed E-state index contributed by atoms with van der Waals surface area (Å²) < 4.78 is 46.7. The van der Waals surface area contributed by atoms with E-state index in [4.69, 9.17) is 0 Å². The van der Waals surface area contributed by atoms with Gasteiger partial charge in [0.2, 0.25) is 0 Å². The van der Waals surface area contributed by atoms with Crippen molar-refractivity contribution in [2.45, 2.75) is 4.90 Å². The van der Waals surface area contributed by atoms with Crippen LogP contribution in [0.15, 0.2) is 17.0 Å². The smallest absolute Gasteiger partial charge is 0.178 e. The second-order valence-corrected chi connectivity index (χ2v) is 4.25. The van der Waals surface area contributed by atoms with E-state index in [2.05, 4.69) is 0 Å². The second kappa shape index (κ2) is 2.82. The maximum Gasteiger partial charge on any atom is 0.178 e. The standard InChI is InChI=1S/C7H5F2O2S/c1-12(10,11)7-4-5(8)2-3-6(7)9/h3-4H,1H3. The third-order valence-corrected chi connectivity index (χ3v) is 2.34. The molecule has 1 radical (unpaired) electrons. The normalized spacial score (nSPS) is 11.6. The van der Waals surface area contributed by atoms with E-state index in [1.165, 1.54) is 0 Å². The summed E-state index contributed by atoms with van der Waals surface area (Å²) in [7, 11) is -3.69. The summed E-state index contributed by atoms with van der Waals surface area (Å²) in [5.41, 5.74) is 0. The second-order valence-electron chi connectivity index (χ2n) is 2.27. The van der Waals surface area contributed by atoms with Crippen LogP contribution in [0.1, 0.15) is 0 Å². The fourth-order valence-corrected chi connectivity index (χ4v) is 1.44. The Morgan fingerprint density at radius 2 is 2.00 bits per heavy atom. The fourth-order valence-electron chi connectivity index (χ4n) is 0.713. The van der Waals surface area contributed by atoms with Gasteiger partial charge >= 0.3 is 0 Å². The van der Waals surface area contributed by atoms with Gasteiger partial charge in [0.1, 0.15) is 16.5 Å². The first-order valence-corrected chi connectivity index (χ1v) is 4.87. The maximum atomic E-state index is 12.7. The molecule has 65 valence electrons. The molecule has 1 aromatic carbocycles. The molecule has 0 amide bonds. The van der Waals surface area contributed by atoms with Gasteiger partial charge < -0.3 is 0 Å². The van der Waals surface area contributed by atoms with E-state index in [-0.39, 0.29) is 0 Å². The average Bonchev–Trinajstić information content (AvgIpc) is 1.92. The molecule has 0 aliphatic carbocycles. The maximum absolute atomic E-state index is 12.7. The van der Waals surface area contributed by atoms with Gasteiger partial charge in [0, 0.05) is 12.3 Å². The fraction of sp³-hybridized carbons (Fsp3) is 0.143. The number of halogens is 2. The molecule has 0 fully saturated rings.